The van der Waals surface area contributed by atoms with Crippen LogP contribution in [0.2, 0.25) is 0 Å². The lowest BCUT2D eigenvalue weighted by Crippen LogP contribution is -2.71. The quantitative estimate of drug-likeness (QED) is 0.0733. The zero-order valence-corrected chi connectivity index (χ0v) is 25.1. The van der Waals surface area contributed by atoms with E-state index >= 15 is 0 Å². The first-order valence-electron chi connectivity index (χ1n) is 13.0. The highest BCUT2D eigenvalue weighted by molar-refractivity contribution is 8.00. The maximum Gasteiger partial charge on any atom is 0.358 e. The summed E-state index contributed by atoms with van der Waals surface area (Å²) in [5.41, 5.74) is 11.5. The summed E-state index contributed by atoms with van der Waals surface area (Å²) < 4.78 is 15.2. The van der Waals surface area contributed by atoms with Gasteiger partial charge in [-0.15, -0.1) is 23.1 Å². The van der Waals surface area contributed by atoms with Crippen LogP contribution in [0, 0.1) is 0 Å². The standard InChI is InChI=1S/C27H28N6O9S2/c1-3-4-5-15-11-43-24-20(31-22(35)19(32-39-2)17-12-44-27(29)30-17)23(36)33(24)21(15)26(38)41-13-40-25(37)14-6-8-16(9-7-14)42-18(34)10-28/h4-9,12,20,24H,3,10-11,13,28H2,1-2H3,(H2,29,30)(H,31,35)/t20?,24-/m0/s1. The van der Waals surface area contributed by atoms with Crippen molar-refractivity contribution in [2.24, 2.45) is 10.9 Å². The van der Waals surface area contributed by atoms with Gasteiger partial charge in [-0.1, -0.05) is 24.2 Å². The molecule has 2 atom stereocenters. The van der Waals surface area contributed by atoms with E-state index in [2.05, 4.69) is 15.5 Å². The van der Waals surface area contributed by atoms with Crippen molar-refractivity contribution in [3.8, 4) is 5.75 Å². The number of benzene rings is 1. The number of rotatable bonds is 12. The molecule has 5 N–H and O–H groups in total. The topological polar surface area (TPSA) is 215 Å². The summed E-state index contributed by atoms with van der Waals surface area (Å²) in [6.45, 7) is 0.883. The SMILES string of the molecule is CCC=CC1=C(C(=O)OCOC(=O)c2ccc(OC(=O)CN)cc2)N2C(=O)C(NC(=O)C(=NOC)c3csc(N)n3)[C@@H]2SC1. The molecule has 0 radical (unpaired) electrons. The minimum atomic E-state index is -0.977. The number of nitrogens with zero attached hydrogens (tertiary/aromatic N) is 3. The van der Waals surface area contributed by atoms with Crippen molar-refractivity contribution in [2.75, 3.05) is 31.9 Å². The Kier molecular flexibility index (Phi) is 10.7. The molecule has 1 fully saturated rings. The lowest BCUT2D eigenvalue weighted by Gasteiger charge is -2.49. The number of esters is 3. The lowest BCUT2D eigenvalue weighted by molar-refractivity contribution is -0.157. The van der Waals surface area contributed by atoms with E-state index in [-0.39, 0.29) is 40.1 Å². The number of β-lactam (4-membered cyclic amide) rings is 1. The molecule has 232 valence electrons. The molecule has 17 heteroatoms. The van der Waals surface area contributed by atoms with E-state index in [1.54, 1.807) is 6.08 Å². The van der Waals surface area contributed by atoms with E-state index in [9.17, 15) is 24.0 Å². The second-order valence-corrected chi connectivity index (χ2v) is 10.9. The molecule has 1 aromatic heterocycles. The molecular weight excluding hydrogens is 616 g/mol. The van der Waals surface area contributed by atoms with Crippen molar-refractivity contribution in [1.82, 2.24) is 15.2 Å². The predicted molar refractivity (Wildman–Crippen MR) is 159 cm³/mol. The zero-order valence-electron chi connectivity index (χ0n) is 23.5. The number of thioether (sulfide) groups is 1. The molecule has 2 aliphatic heterocycles. The molecule has 0 saturated carbocycles. The highest BCUT2D eigenvalue weighted by Gasteiger charge is 2.54. The minimum Gasteiger partial charge on any atom is -0.426 e. The fourth-order valence-electron chi connectivity index (χ4n) is 4.04. The van der Waals surface area contributed by atoms with Crippen molar-refractivity contribution in [3.05, 3.63) is 64.3 Å². The molecule has 15 nitrogen and oxygen atoms in total. The van der Waals surface area contributed by atoms with Gasteiger partial charge in [0.15, 0.2) is 10.8 Å². The Bertz CT molecular complexity index is 1540. The number of thiazole rings is 1. The number of carbonyl (C=O) groups is 5. The van der Waals surface area contributed by atoms with Gasteiger partial charge in [-0.05, 0) is 36.3 Å². The summed E-state index contributed by atoms with van der Waals surface area (Å²) in [6.07, 6.45) is 4.23. The molecule has 0 aliphatic carbocycles. The number of hydrogen-bond acceptors (Lipinski definition) is 15. The molecule has 44 heavy (non-hydrogen) atoms. The van der Waals surface area contributed by atoms with E-state index in [4.69, 9.17) is 30.5 Å². The number of oxime groups is 1. The predicted octanol–water partition coefficient (Wildman–Crippen LogP) is 0.918. The molecule has 4 rings (SSSR count). The van der Waals surface area contributed by atoms with Crippen LogP contribution < -0.4 is 21.5 Å². The average molecular weight is 645 g/mol. The third kappa shape index (κ3) is 7.24. The van der Waals surface area contributed by atoms with Gasteiger partial charge in [0.2, 0.25) is 6.79 Å². The highest BCUT2D eigenvalue weighted by atomic mass is 32.2. The second-order valence-electron chi connectivity index (χ2n) is 8.92. The Labute approximate surface area is 259 Å². The summed E-state index contributed by atoms with van der Waals surface area (Å²) in [5.74, 6) is -3.06. The number of nitrogens with two attached hydrogens (primary N) is 2. The molecule has 2 aliphatic rings. The summed E-state index contributed by atoms with van der Waals surface area (Å²) in [6, 6.07) is 4.52. The molecule has 1 saturated heterocycles. The first kappa shape index (κ1) is 32.2. The first-order chi connectivity index (χ1) is 21.2. The Morgan fingerprint density at radius 2 is 1.91 bits per heavy atom. The monoisotopic (exact) mass is 644 g/mol. The van der Waals surface area contributed by atoms with Crippen molar-refractivity contribution in [1.29, 1.82) is 0 Å². The van der Waals surface area contributed by atoms with E-state index in [1.165, 1.54) is 53.4 Å². The molecule has 1 unspecified atom stereocenters. The van der Waals surface area contributed by atoms with Gasteiger partial charge >= 0.3 is 17.9 Å². The first-order valence-corrected chi connectivity index (χ1v) is 14.9. The fourth-order valence-corrected chi connectivity index (χ4v) is 5.91. The number of anilines is 1. The average Bonchev–Trinajstić information content (AvgIpc) is 3.46. The van der Waals surface area contributed by atoms with Gasteiger partial charge in [0.05, 0.1) is 12.1 Å². The molecule has 0 bridgehead atoms. The third-order valence-corrected chi connectivity index (χ3v) is 8.04. The highest BCUT2D eigenvalue weighted by Crippen LogP contribution is 2.41. The Hall–Kier alpha value is -4.74. The van der Waals surface area contributed by atoms with Gasteiger partial charge in [-0.2, -0.15) is 0 Å². The maximum atomic E-state index is 13.3. The van der Waals surface area contributed by atoms with Gasteiger partial charge in [0.1, 0.15) is 35.7 Å². The van der Waals surface area contributed by atoms with Crippen LogP contribution >= 0.6 is 23.1 Å². The van der Waals surface area contributed by atoms with E-state index in [0.29, 0.717) is 17.7 Å². The second kappa shape index (κ2) is 14.6. The zero-order chi connectivity index (χ0) is 31.8. The van der Waals surface area contributed by atoms with E-state index in [1.807, 2.05) is 13.0 Å². The van der Waals surface area contributed by atoms with Crippen LogP contribution in [-0.4, -0.2) is 82.9 Å². The summed E-state index contributed by atoms with van der Waals surface area (Å²) in [4.78, 5) is 73.3. The van der Waals surface area contributed by atoms with Crippen LogP contribution in [0.1, 0.15) is 29.4 Å². The third-order valence-electron chi connectivity index (χ3n) is 6.06. The molecule has 0 spiro atoms. The summed E-state index contributed by atoms with van der Waals surface area (Å²) >= 11 is 2.46. The smallest absolute Gasteiger partial charge is 0.358 e. The Morgan fingerprint density at radius 1 is 1.18 bits per heavy atom. The summed E-state index contributed by atoms with van der Waals surface area (Å²) in [5, 5.41) is 7.50. The van der Waals surface area contributed by atoms with Crippen LogP contribution in [0.25, 0.3) is 0 Å². The molecule has 1 aromatic carbocycles. The van der Waals surface area contributed by atoms with Gasteiger partial charge in [0, 0.05) is 11.1 Å². The normalized spacial score (nSPS) is 17.9. The van der Waals surface area contributed by atoms with Gasteiger partial charge in [-0.3, -0.25) is 19.3 Å². The van der Waals surface area contributed by atoms with Crippen molar-refractivity contribution >= 4 is 63.7 Å². The number of allylic oxidation sites excluding steroid dienone is 2. The number of fused-ring (bicyclic) bond motifs is 1. The maximum absolute atomic E-state index is 13.3. The van der Waals surface area contributed by atoms with E-state index in [0.717, 1.165) is 11.3 Å². The summed E-state index contributed by atoms with van der Waals surface area (Å²) in [7, 11) is 1.26. The largest absolute Gasteiger partial charge is 0.426 e. The van der Waals surface area contributed by atoms with E-state index < -0.39 is 47.9 Å². The minimum absolute atomic E-state index is 0.0193. The van der Waals surface area contributed by atoms with Crippen LogP contribution in [-0.2, 0) is 33.5 Å². The van der Waals surface area contributed by atoms with Gasteiger partial charge in [0.25, 0.3) is 11.8 Å². The lowest BCUT2D eigenvalue weighted by atomic mass is 10.0. The van der Waals surface area contributed by atoms with Crippen LogP contribution in [0.15, 0.2) is 58.2 Å². The van der Waals surface area contributed by atoms with Crippen molar-refractivity contribution in [3.63, 3.8) is 0 Å². The Morgan fingerprint density at radius 3 is 2.55 bits per heavy atom. The van der Waals surface area contributed by atoms with Crippen molar-refractivity contribution in [2.45, 2.75) is 24.8 Å². The van der Waals surface area contributed by atoms with Gasteiger partial charge in [-0.25, -0.2) is 14.6 Å². The number of hydrogen-bond donors (Lipinski definition) is 3. The number of carbonyl (C=O) groups excluding carboxylic acids is 5. The van der Waals surface area contributed by atoms with Crippen LogP contribution in [0.4, 0.5) is 5.13 Å². The fraction of sp³-hybridized carbons (Fsp3) is 0.296. The molecule has 2 aromatic rings. The molecular formula is C27H28N6O9S2. The number of amides is 2. The van der Waals surface area contributed by atoms with Gasteiger partial charge < -0.3 is 35.8 Å². The van der Waals surface area contributed by atoms with Crippen LogP contribution in [0.5, 0.6) is 5.75 Å². The molecule has 2 amide bonds. The number of nitrogen functional groups attached to an aromatic ring is 1. The number of nitrogens with one attached hydrogen (secondary N) is 1. The van der Waals surface area contributed by atoms with Crippen LogP contribution in [0.3, 0.4) is 0 Å². The number of ether oxygens (including phenoxy) is 3. The van der Waals surface area contributed by atoms with Crippen molar-refractivity contribution < 1.29 is 43.0 Å². The number of aromatic nitrogens is 1. The Balaban J connectivity index is 1.41. The molecule has 3 heterocycles.